The lowest BCUT2D eigenvalue weighted by molar-refractivity contribution is 0.0934. The fourth-order valence-electron chi connectivity index (χ4n) is 1.41. The number of nitrogens with two attached hydrogens (primary N) is 1. The molecular weight excluding hydrogens is 255 g/mol. The molecule has 0 aliphatic heterocycles. The van der Waals surface area contributed by atoms with Gasteiger partial charge in [0.2, 0.25) is 0 Å². The van der Waals surface area contributed by atoms with Gasteiger partial charge in [-0.05, 0) is 13.0 Å². The van der Waals surface area contributed by atoms with Crippen molar-refractivity contribution in [2.24, 2.45) is 5.84 Å². The van der Waals surface area contributed by atoms with Crippen molar-refractivity contribution in [1.82, 2.24) is 30.9 Å². The van der Waals surface area contributed by atoms with Crippen molar-refractivity contribution in [3.8, 4) is 0 Å². The Morgan fingerprint density at radius 1 is 1.58 bits per heavy atom. The number of anilines is 1. The molecule has 0 saturated heterocycles. The summed E-state index contributed by atoms with van der Waals surface area (Å²) in [7, 11) is 0. The molecule has 9 nitrogen and oxygen atoms in total. The number of hydrogen-bond acceptors (Lipinski definition) is 7. The van der Waals surface area contributed by atoms with Crippen LogP contribution in [0.25, 0.3) is 0 Å². The quantitative estimate of drug-likeness (QED) is 0.433. The summed E-state index contributed by atoms with van der Waals surface area (Å²) in [6, 6.07) is 0.724. The average Bonchev–Trinajstić information content (AvgIpc) is 2.92. The number of tetrazole rings is 1. The van der Waals surface area contributed by atoms with Gasteiger partial charge in [0.25, 0.3) is 5.91 Å². The normalized spacial score (nSPS) is 11.9. The molecule has 19 heavy (non-hydrogen) atoms. The molecule has 0 spiro atoms. The average molecular weight is 266 g/mol. The van der Waals surface area contributed by atoms with Crippen molar-refractivity contribution < 1.29 is 9.18 Å². The molecule has 0 saturated carbocycles. The highest BCUT2D eigenvalue weighted by atomic mass is 19.1. The van der Waals surface area contributed by atoms with Gasteiger partial charge in [0.15, 0.2) is 17.5 Å². The molecule has 0 radical (unpaired) electrons. The van der Waals surface area contributed by atoms with E-state index in [1.54, 1.807) is 6.92 Å². The first-order valence-corrected chi connectivity index (χ1v) is 5.28. The summed E-state index contributed by atoms with van der Waals surface area (Å²) < 4.78 is 13.8. The first kappa shape index (κ1) is 12.8. The fraction of sp³-hybridized carbons (Fsp3) is 0.222. The van der Waals surface area contributed by atoms with Gasteiger partial charge in [-0.25, -0.2) is 15.2 Å². The first-order chi connectivity index (χ1) is 9.13. The minimum atomic E-state index is -0.831. The topological polar surface area (TPSA) is 134 Å². The van der Waals surface area contributed by atoms with Crippen LogP contribution in [0.1, 0.15) is 29.1 Å². The number of nitrogen functional groups attached to an aromatic ring is 1. The highest BCUT2D eigenvalue weighted by molar-refractivity contribution is 5.95. The van der Waals surface area contributed by atoms with Crippen LogP contribution in [0.5, 0.6) is 0 Å². The lowest BCUT2D eigenvalue weighted by Crippen LogP contribution is -2.28. The molecule has 0 aliphatic rings. The molecule has 1 atom stereocenters. The number of carbonyl (C=O) groups excluding carboxylic acids is 1. The zero-order valence-corrected chi connectivity index (χ0v) is 9.88. The number of halogens is 1. The van der Waals surface area contributed by atoms with Crippen molar-refractivity contribution >= 4 is 11.7 Å². The van der Waals surface area contributed by atoms with E-state index in [1.165, 1.54) is 12.3 Å². The van der Waals surface area contributed by atoms with Gasteiger partial charge in [-0.3, -0.25) is 4.79 Å². The molecule has 2 aromatic heterocycles. The zero-order chi connectivity index (χ0) is 13.8. The summed E-state index contributed by atoms with van der Waals surface area (Å²) in [4.78, 5) is 15.5. The monoisotopic (exact) mass is 266 g/mol. The smallest absolute Gasteiger partial charge is 0.255 e. The summed E-state index contributed by atoms with van der Waals surface area (Å²) in [5.74, 6) is 3.70. The minimum absolute atomic E-state index is 0.182. The largest absolute Gasteiger partial charge is 0.342 e. The fourth-order valence-corrected chi connectivity index (χ4v) is 1.41. The predicted molar refractivity (Wildman–Crippen MR) is 62.1 cm³/mol. The third-order valence-corrected chi connectivity index (χ3v) is 2.37. The molecule has 1 amide bonds. The van der Waals surface area contributed by atoms with Crippen molar-refractivity contribution in [1.29, 1.82) is 0 Å². The van der Waals surface area contributed by atoms with Crippen LogP contribution in [-0.2, 0) is 0 Å². The van der Waals surface area contributed by atoms with Gasteiger partial charge >= 0.3 is 0 Å². The van der Waals surface area contributed by atoms with E-state index in [0.29, 0.717) is 5.82 Å². The number of aromatic nitrogens is 5. The molecular formula is C9H11FN8O. The Morgan fingerprint density at radius 3 is 3.00 bits per heavy atom. The molecule has 1 unspecified atom stereocenters. The standard InChI is InChI=1S/C9H11FN8O/c1-4(7-15-17-18-16-7)13-9(19)5-2-3-12-8(14-11)6(5)10/h2-4H,11H2,1H3,(H,12,14)(H,13,19)(H,15,16,17,18). The number of carbonyl (C=O) groups is 1. The van der Waals surface area contributed by atoms with Crippen LogP contribution >= 0.6 is 0 Å². The van der Waals surface area contributed by atoms with Gasteiger partial charge in [0.05, 0.1) is 11.6 Å². The number of nitrogens with zero attached hydrogens (tertiary/aromatic N) is 4. The van der Waals surface area contributed by atoms with Gasteiger partial charge in [0, 0.05) is 6.20 Å². The van der Waals surface area contributed by atoms with Crippen molar-refractivity contribution in [3.63, 3.8) is 0 Å². The third-order valence-electron chi connectivity index (χ3n) is 2.37. The Hall–Kier alpha value is -2.62. The third kappa shape index (κ3) is 2.63. The van der Waals surface area contributed by atoms with E-state index in [9.17, 15) is 9.18 Å². The number of amides is 1. The molecule has 0 fully saturated rings. The number of aromatic amines is 1. The van der Waals surface area contributed by atoms with Crippen LogP contribution in [0.2, 0.25) is 0 Å². The minimum Gasteiger partial charge on any atom is -0.342 e. The van der Waals surface area contributed by atoms with E-state index in [-0.39, 0.29) is 11.4 Å². The number of hydrogen-bond donors (Lipinski definition) is 4. The zero-order valence-electron chi connectivity index (χ0n) is 9.88. The van der Waals surface area contributed by atoms with Gasteiger partial charge in [0.1, 0.15) is 0 Å². The second kappa shape index (κ2) is 5.35. The van der Waals surface area contributed by atoms with Crippen molar-refractivity contribution in [3.05, 3.63) is 29.5 Å². The van der Waals surface area contributed by atoms with Gasteiger partial charge in [-0.1, -0.05) is 5.21 Å². The Labute approximate surface area is 106 Å². The molecule has 0 aromatic carbocycles. The summed E-state index contributed by atoms with van der Waals surface area (Å²) >= 11 is 0. The van der Waals surface area contributed by atoms with Crippen molar-refractivity contribution in [2.75, 3.05) is 5.43 Å². The molecule has 2 heterocycles. The maximum Gasteiger partial charge on any atom is 0.255 e. The summed E-state index contributed by atoms with van der Waals surface area (Å²) in [6.07, 6.45) is 1.27. The van der Waals surface area contributed by atoms with E-state index in [4.69, 9.17) is 5.84 Å². The van der Waals surface area contributed by atoms with E-state index in [1.807, 2.05) is 0 Å². The number of hydrazine groups is 1. The van der Waals surface area contributed by atoms with Crippen LogP contribution in [0.4, 0.5) is 10.2 Å². The van der Waals surface area contributed by atoms with E-state index >= 15 is 0 Å². The Balaban J connectivity index is 2.16. The van der Waals surface area contributed by atoms with Gasteiger partial charge in [-0.15, -0.1) is 10.2 Å². The van der Waals surface area contributed by atoms with E-state index < -0.39 is 17.8 Å². The van der Waals surface area contributed by atoms with Gasteiger partial charge < -0.3 is 10.7 Å². The Morgan fingerprint density at radius 2 is 2.37 bits per heavy atom. The van der Waals surface area contributed by atoms with Crippen molar-refractivity contribution in [2.45, 2.75) is 13.0 Å². The molecule has 10 heteroatoms. The first-order valence-electron chi connectivity index (χ1n) is 5.28. The SMILES string of the molecule is CC(NC(=O)c1ccnc(NN)c1F)c1nn[nH]n1. The predicted octanol–water partition coefficient (Wildman–Crippen LogP) is -0.490. The lowest BCUT2D eigenvalue weighted by atomic mass is 10.2. The summed E-state index contributed by atoms with van der Waals surface area (Å²) in [5.41, 5.74) is 1.88. The van der Waals surface area contributed by atoms with Crippen LogP contribution in [0.15, 0.2) is 12.3 Å². The number of H-pyrrole nitrogens is 1. The lowest BCUT2D eigenvalue weighted by Gasteiger charge is -2.11. The highest BCUT2D eigenvalue weighted by Crippen LogP contribution is 2.15. The maximum atomic E-state index is 13.8. The second-order valence-electron chi connectivity index (χ2n) is 3.63. The Kier molecular flexibility index (Phi) is 3.61. The van der Waals surface area contributed by atoms with Crippen LogP contribution in [0.3, 0.4) is 0 Å². The van der Waals surface area contributed by atoms with Crippen LogP contribution in [0, 0.1) is 5.82 Å². The molecule has 100 valence electrons. The molecule has 5 N–H and O–H groups in total. The van der Waals surface area contributed by atoms with Gasteiger partial charge in [-0.2, -0.15) is 5.21 Å². The second-order valence-corrected chi connectivity index (χ2v) is 3.63. The Bertz CT molecular complexity index is 572. The highest BCUT2D eigenvalue weighted by Gasteiger charge is 2.19. The molecule has 2 aromatic rings. The van der Waals surface area contributed by atoms with Crippen LogP contribution < -0.4 is 16.6 Å². The summed E-state index contributed by atoms with van der Waals surface area (Å²) in [5, 5.41) is 15.6. The maximum absolute atomic E-state index is 13.8. The van der Waals surface area contributed by atoms with E-state index in [0.717, 1.165) is 0 Å². The summed E-state index contributed by atoms with van der Waals surface area (Å²) in [6.45, 7) is 1.64. The number of pyridine rings is 1. The molecule has 0 bridgehead atoms. The number of rotatable bonds is 4. The molecule has 2 rings (SSSR count). The number of nitrogens with one attached hydrogen (secondary N) is 3. The van der Waals surface area contributed by atoms with Crippen LogP contribution in [-0.4, -0.2) is 31.5 Å². The molecule has 0 aliphatic carbocycles. The van der Waals surface area contributed by atoms with E-state index in [2.05, 4.69) is 36.4 Å².